The van der Waals surface area contributed by atoms with E-state index in [0.717, 1.165) is 5.56 Å². The van der Waals surface area contributed by atoms with Crippen LogP contribution in [0.3, 0.4) is 0 Å². The maximum Gasteiger partial charge on any atom is 0.282 e. The number of hydrazine groups is 1. The van der Waals surface area contributed by atoms with Crippen LogP contribution in [0.15, 0.2) is 47.6 Å². The summed E-state index contributed by atoms with van der Waals surface area (Å²) in [4.78, 5) is 13.0. The summed E-state index contributed by atoms with van der Waals surface area (Å²) >= 11 is 18.6. The molecule has 9 heteroatoms. The molecule has 0 aliphatic carbocycles. The molecule has 2 aromatic carbocycles. The molecule has 0 spiro atoms. The number of benzene rings is 2. The van der Waals surface area contributed by atoms with Crippen LogP contribution >= 0.6 is 34.8 Å². The third kappa shape index (κ3) is 4.43. The highest BCUT2D eigenvalue weighted by molar-refractivity contribution is 6.41. The Morgan fingerprint density at radius 3 is 2.40 bits per heavy atom. The predicted octanol–water partition coefficient (Wildman–Crippen LogP) is 4.56. The van der Waals surface area contributed by atoms with E-state index in [4.69, 9.17) is 44.6 Å². The number of carbonyl (C=O) groups is 1. The number of hydrazone groups is 1. The smallest absolute Gasteiger partial charge is 0.282 e. The SMILES string of the molecule is C[C@@H]1C(C(=O)NN2CCOCC2)=NN(c2ccc(Cl)cc2Cl)[C@@H]1c1ccc(Cl)cc1. The molecule has 1 fully saturated rings. The van der Waals surface area contributed by atoms with Crippen LogP contribution < -0.4 is 10.4 Å². The molecule has 0 unspecified atom stereocenters. The number of halogens is 3. The topological polar surface area (TPSA) is 57.2 Å². The number of hydrogen-bond acceptors (Lipinski definition) is 5. The van der Waals surface area contributed by atoms with Gasteiger partial charge in [0.15, 0.2) is 0 Å². The maximum absolute atomic E-state index is 13.0. The van der Waals surface area contributed by atoms with E-state index >= 15 is 0 Å². The lowest BCUT2D eigenvalue weighted by molar-refractivity contribution is -0.121. The minimum atomic E-state index is -0.226. The number of anilines is 1. The molecular weight excluding hydrogens is 447 g/mol. The van der Waals surface area contributed by atoms with E-state index in [1.807, 2.05) is 42.3 Å². The second-order valence-electron chi connectivity index (χ2n) is 7.25. The van der Waals surface area contributed by atoms with E-state index in [2.05, 4.69) is 5.43 Å². The van der Waals surface area contributed by atoms with Crippen molar-refractivity contribution >= 4 is 52.1 Å². The Balaban J connectivity index is 1.68. The first-order chi connectivity index (χ1) is 14.4. The summed E-state index contributed by atoms with van der Waals surface area (Å²) in [6.07, 6.45) is 0. The first-order valence-electron chi connectivity index (χ1n) is 9.66. The van der Waals surface area contributed by atoms with Crippen molar-refractivity contribution in [3.63, 3.8) is 0 Å². The van der Waals surface area contributed by atoms with E-state index in [9.17, 15) is 4.79 Å². The highest BCUT2D eigenvalue weighted by Gasteiger charge is 2.40. The third-order valence-electron chi connectivity index (χ3n) is 5.26. The molecule has 158 valence electrons. The predicted molar refractivity (Wildman–Crippen MR) is 120 cm³/mol. The van der Waals surface area contributed by atoms with Crippen LogP contribution in [0.25, 0.3) is 0 Å². The van der Waals surface area contributed by atoms with E-state index in [1.165, 1.54) is 0 Å². The van der Waals surface area contributed by atoms with Crippen molar-refractivity contribution in [3.05, 3.63) is 63.1 Å². The van der Waals surface area contributed by atoms with Crippen molar-refractivity contribution in [2.24, 2.45) is 11.0 Å². The first kappa shape index (κ1) is 21.4. The van der Waals surface area contributed by atoms with Gasteiger partial charge in [0.25, 0.3) is 5.91 Å². The molecular formula is C21H21Cl3N4O2. The average molecular weight is 468 g/mol. The number of morpholine rings is 1. The number of ether oxygens (including phenoxy) is 1. The van der Waals surface area contributed by atoms with Crippen LogP contribution in [0.5, 0.6) is 0 Å². The standard InChI is InChI=1S/C21H21Cl3N4O2/c1-13-19(21(29)26-27-8-10-30-11-9-27)25-28(18-7-6-16(23)12-17(18)24)20(13)14-2-4-15(22)5-3-14/h2-7,12-13,20H,8-11H2,1H3,(H,26,29)/t13-,20+/m1/s1. The second kappa shape index (κ2) is 9.12. The molecule has 0 radical (unpaired) electrons. The van der Waals surface area contributed by atoms with Crippen molar-refractivity contribution in [3.8, 4) is 0 Å². The molecule has 0 saturated carbocycles. The fourth-order valence-electron chi connectivity index (χ4n) is 3.72. The maximum atomic E-state index is 13.0. The number of rotatable bonds is 4. The van der Waals surface area contributed by atoms with Gasteiger partial charge in [-0.2, -0.15) is 5.10 Å². The van der Waals surface area contributed by atoms with Gasteiger partial charge in [0.2, 0.25) is 0 Å². The minimum absolute atomic E-state index is 0.182. The molecule has 0 aromatic heterocycles. The largest absolute Gasteiger partial charge is 0.379 e. The van der Waals surface area contributed by atoms with E-state index in [0.29, 0.717) is 52.8 Å². The Kier molecular flexibility index (Phi) is 6.51. The van der Waals surface area contributed by atoms with Gasteiger partial charge in [-0.1, -0.05) is 53.9 Å². The van der Waals surface area contributed by atoms with Gasteiger partial charge in [-0.05, 0) is 35.9 Å². The highest BCUT2D eigenvalue weighted by atomic mass is 35.5. The minimum Gasteiger partial charge on any atom is -0.379 e. The van der Waals surface area contributed by atoms with Crippen LogP contribution in [0.1, 0.15) is 18.5 Å². The molecule has 2 aromatic rings. The first-order valence-corrected chi connectivity index (χ1v) is 10.8. The van der Waals surface area contributed by atoms with Crippen molar-refractivity contribution in [2.75, 3.05) is 31.3 Å². The highest BCUT2D eigenvalue weighted by Crippen LogP contribution is 2.42. The van der Waals surface area contributed by atoms with Gasteiger partial charge in [0.1, 0.15) is 5.71 Å². The number of nitrogens with one attached hydrogen (secondary N) is 1. The molecule has 30 heavy (non-hydrogen) atoms. The summed E-state index contributed by atoms with van der Waals surface area (Å²) < 4.78 is 5.34. The van der Waals surface area contributed by atoms with Crippen LogP contribution in [0, 0.1) is 5.92 Å². The zero-order chi connectivity index (χ0) is 21.3. The molecule has 1 amide bonds. The quantitative estimate of drug-likeness (QED) is 0.716. The fraction of sp³-hybridized carbons (Fsp3) is 0.333. The van der Waals surface area contributed by atoms with Gasteiger partial charge in [-0.15, -0.1) is 0 Å². The van der Waals surface area contributed by atoms with Gasteiger partial charge in [-0.3, -0.25) is 15.2 Å². The van der Waals surface area contributed by atoms with E-state index < -0.39 is 0 Å². The fourth-order valence-corrected chi connectivity index (χ4v) is 4.34. The molecule has 2 atom stereocenters. The van der Waals surface area contributed by atoms with Crippen LogP contribution in [-0.2, 0) is 9.53 Å². The van der Waals surface area contributed by atoms with Crippen LogP contribution in [0.4, 0.5) is 5.69 Å². The molecule has 2 heterocycles. The summed E-state index contributed by atoms with van der Waals surface area (Å²) in [5.74, 6) is -0.407. The Bertz CT molecular complexity index is 961. The molecule has 6 nitrogen and oxygen atoms in total. The van der Waals surface area contributed by atoms with Crippen LogP contribution in [-0.4, -0.2) is 42.9 Å². The lowest BCUT2D eigenvalue weighted by Crippen LogP contribution is -2.51. The Hall–Kier alpha value is -1.83. The summed E-state index contributed by atoms with van der Waals surface area (Å²) in [5.41, 5.74) is 5.05. The summed E-state index contributed by atoms with van der Waals surface area (Å²) in [5, 5.41) is 9.99. The normalized spacial score (nSPS) is 22.1. The zero-order valence-electron chi connectivity index (χ0n) is 16.3. The number of carbonyl (C=O) groups excluding carboxylic acids is 1. The summed E-state index contributed by atoms with van der Waals surface area (Å²) in [7, 11) is 0. The Labute approximate surface area is 190 Å². The van der Waals surface area contributed by atoms with Gasteiger partial charge < -0.3 is 4.74 Å². The van der Waals surface area contributed by atoms with Gasteiger partial charge in [0.05, 0.1) is 30.0 Å². The monoisotopic (exact) mass is 466 g/mol. The van der Waals surface area contributed by atoms with Crippen molar-refractivity contribution < 1.29 is 9.53 Å². The number of amides is 1. The van der Waals surface area contributed by atoms with Crippen molar-refractivity contribution in [1.82, 2.24) is 10.4 Å². The van der Waals surface area contributed by atoms with Crippen LogP contribution in [0.2, 0.25) is 15.1 Å². The lowest BCUT2D eigenvalue weighted by atomic mass is 9.91. The van der Waals surface area contributed by atoms with Crippen molar-refractivity contribution in [2.45, 2.75) is 13.0 Å². The summed E-state index contributed by atoms with van der Waals surface area (Å²) in [6, 6.07) is 12.6. The molecule has 1 N–H and O–H groups in total. The average Bonchev–Trinajstić information content (AvgIpc) is 3.06. The van der Waals surface area contributed by atoms with E-state index in [-0.39, 0.29) is 17.9 Å². The van der Waals surface area contributed by atoms with Crippen molar-refractivity contribution in [1.29, 1.82) is 0 Å². The second-order valence-corrected chi connectivity index (χ2v) is 8.53. The Morgan fingerprint density at radius 2 is 1.73 bits per heavy atom. The summed E-state index contributed by atoms with van der Waals surface area (Å²) in [6.45, 7) is 4.44. The third-order valence-corrected chi connectivity index (χ3v) is 6.05. The van der Waals surface area contributed by atoms with Gasteiger partial charge >= 0.3 is 0 Å². The molecule has 1 saturated heterocycles. The molecule has 0 bridgehead atoms. The lowest BCUT2D eigenvalue weighted by Gasteiger charge is -2.28. The van der Waals surface area contributed by atoms with Gasteiger partial charge in [-0.25, -0.2) is 5.01 Å². The zero-order valence-corrected chi connectivity index (χ0v) is 18.6. The number of nitrogens with zero attached hydrogens (tertiary/aromatic N) is 3. The Morgan fingerprint density at radius 1 is 1.07 bits per heavy atom. The van der Waals surface area contributed by atoms with E-state index in [1.54, 1.807) is 17.1 Å². The number of hydrogen-bond donors (Lipinski definition) is 1. The molecule has 2 aliphatic rings. The molecule has 2 aliphatic heterocycles. The molecule has 4 rings (SSSR count). The van der Waals surface area contributed by atoms with Gasteiger partial charge in [0, 0.05) is 29.1 Å².